The van der Waals surface area contributed by atoms with Gasteiger partial charge in [0.25, 0.3) is 0 Å². The van der Waals surface area contributed by atoms with Gasteiger partial charge in [-0.25, -0.2) is 4.98 Å². The largest absolute Gasteiger partial charge is 0.330 e. The predicted octanol–water partition coefficient (Wildman–Crippen LogP) is 2.88. The van der Waals surface area contributed by atoms with Crippen LogP contribution in [0.1, 0.15) is 51.0 Å². The van der Waals surface area contributed by atoms with Gasteiger partial charge < -0.3 is 11.1 Å². The number of nitrogens with two attached hydrogens (primary N) is 1. The van der Waals surface area contributed by atoms with Gasteiger partial charge in [-0.15, -0.1) is 11.3 Å². The highest BCUT2D eigenvalue weighted by Gasteiger charge is 2.21. The fraction of sp³-hybridized carbons (Fsp3) is 0.769. The van der Waals surface area contributed by atoms with Crippen LogP contribution < -0.4 is 11.1 Å². The van der Waals surface area contributed by atoms with E-state index in [0.717, 1.165) is 19.5 Å². The van der Waals surface area contributed by atoms with E-state index in [1.54, 1.807) is 11.3 Å². The van der Waals surface area contributed by atoms with Gasteiger partial charge in [0, 0.05) is 11.6 Å². The van der Waals surface area contributed by atoms with Crippen LogP contribution in [0, 0.1) is 0 Å². The van der Waals surface area contributed by atoms with E-state index in [0.29, 0.717) is 0 Å². The lowest BCUT2D eigenvalue weighted by Gasteiger charge is -2.23. The quantitative estimate of drug-likeness (QED) is 0.667. The number of hydrogen-bond acceptors (Lipinski definition) is 4. The molecule has 1 aromatic heterocycles. The van der Waals surface area contributed by atoms with Crippen molar-refractivity contribution >= 4 is 11.3 Å². The number of unbranched alkanes of at least 4 members (excludes halogenated alkanes) is 4. The molecular formula is C13H25N3S. The summed E-state index contributed by atoms with van der Waals surface area (Å²) in [7, 11) is 0. The van der Waals surface area contributed by atoms with Crippen molar-refractivity contribution in [3.63, 3.8) is 0 Å². The first kappa shape index (κ1) is 14.6. The SMILES string of the molecule is CC(C)(NCCCCCCCN)c1nccs1. The Hall–Kier alpha value is -0.450. The van der Waals surface area contributed by atoms with Gasteiger partial charge >= 0.3 is 0 Å². The van der Waals surface area contributed by atoms with Crippen LogP contribution in [0.2, 0.25) is 0 Å². The molecule has 0 radical (unpaired) electrons. The summed E-state index contributed by atoms with van der Waals surface area (Å²) in [6, 6.07) is 0. The Morgan fingerprint density at radius 1 is 1.24 bits per heavy atom. The van der Waals surface area contributed by atoms with Crippen molar-refractivity contribution in [3.05, 3.63) is 16.6 Å². The second kappa shape index (κ2) is 7.80. The summed E-state index contributed by atoms with van der Waals surface area (Å²) in [5.41, 5.74) is 5.47. The number of thiazole rings is 1. The van der Waals surface area contributed by atoms with Crippen molar-refractivity contribution in [1.29, 1.82) is 0 Å². The van der Waals surface area contributed by atoms with E-state index in [-0.39, 0.29) is 5.54 Å². The summed E-state index contributed by atoms with van der Waals surface area (Å²) in [6.45, 7) is 6.28. The number of nitrogens with zero attached hydrogens (tertiary/aromatic N) is 1. The summed E-state index contributed by atoms with van der Waals surface area (Å²) < 4.78 is 0. The Labute approximate surface area is 109 Å². The monoisotopic (exact) mass is 255 g/mol. The van der Waals surface area contributed by atoms with Gasteiger partial charge in [-0.3, -0.25) is 0 Å². The third kappa shape index (κ3) is 5.61. The van der Waals surface area contributed by atoms with Crippen LogP contribution in [-0.4, -0.2) is 18.1 Å². The highest BCUT2D eigenvalue weighted by atomic mass is 32.1. The van der Waals surface area contributed by atoms with E-state index in [2.05, 4.69) is 24.1 Å². The van der Waals surface area contributed by atoms with Crippen LogP contribution in [0.15, 0.2) is 11.6 Å². The third-order valence-corrected chi connectivity index (χ3v) is 4.01. The van der Waals surface area contributed by atoms with E-state index in [9.17, 15) is 0 Å². The molecule has 0 unspecified atom stereocenters. The van der Waals surface area contributed by atoms with Crippen molar-refractivity contribution in [2.45, 2.75) is 51.5 Å². The third-order valence-electron chi connectivity index (χ3n) is 2.91. The molecule has 0 saturated carbocycles. The lowest BCUT2D eigenvalue weighted by atomic mass is 10.1. The lowest BCUT2D eigenvalue weighted by molar-refractivity contribution is 0.393. The Morgan fingerprint density at radius 3 is 2.59 bits per heavy atom. The van der Waals surface area contributed by atoms with Gasteiger partial charge in [-0.05, 0) is 39.8 Å². The smallest absolute Gasteiger partial charge is 0.112 e. The molecule has 17 heavy (non-hydrogen) atoms. The topological polar surface area (TPSA) is 50.9 Å². The molecule has 0 aliphatic rings. The zero-order chi connectivity index (χ0) is 12.6. The minimum Gasteiger partial charge on any atom is -0.330 e. The highest BCUT2D eigenvalue weighted by Crippen LogP contribution is 2.21. The standard InChI is InChI=1S/C13H25N3S/c1-13(2,12-15-10-11-17-12)16-9-7-5-3-4-6-8-14/h10-11,16H,3-9,14H2,1-2H3. The van der Waals surface area contributed by atoms with Crippen LogP contribution in [0.25, 0.3) is 0 Å². The molecule has 0 atom stereocenters. The average Bonchev–Trinajstić information content (AvgIpc) is 2.82. The molecule has 0 amide bonds. The second-order valence-corrected chi connectivity index (χ2v) is 5.84. The summed E-state index contributed by atoms with van der Waals surface area (Å²) >= 11 is 1.72. The van der Waals surface area contributed by atoms with Gasteiger partial charge in [-0.2, -0.15) is 0 Å². The maximum atomic E-state index is 5.46. The highest BCUT2D eigenvalue weighted by molar-refractivity contribution is 7.09. The van der Waals surface area contributed by atoms with Gasteiger partial charge in [0.15, 0.2) is 0 Å². The predicted molar refractivity (Wildman–Crippen MR) is 75.3 cm³/mol. The van der Waals surface area contributed by atoms with E-state index in [1.165, 1.54) is 30.7 Å². The molecule has 0 aliphatic carbocycles. The molecule has 1 aromatic rings. The molecule has 4 heteroatoms. The number of nitrogens with one attached hydrogen (secondary N) is 1. The number of aromatic nitrogens is 1. The molecule has 0 aliphatic heterocycles. The molecule has 0 saturated heterocycles. The lowest BCUT2D eigenvalue weighted by Crippen LogP contribution is -2.37. The van der Waals surface area contributed by atoms with Crippen LogP contribution in [0.4, 0.5) is 0 Å². The normalized spacial score (nSPS) is 11.9. The number of rotatable bonds is 9. The Kier molecular flexibility index (Phi) is 6.70. The van der Waals surface area contributed by atoms with Crippen molar-refractivity contribution in [3.8, 4) is 0 Å². The molecular weight excluding hydrogens is 230 g/mol. The fourth-order valence-corrected chi connectivity index (χ4v) is 2.55. The summed E-state index contributed by atoms with van der Waals surface area (Å²) in [5.74, 6) is 0. The molecule has 3 N–H and O–H groups in total. The molecule has 0 fully saturated rings. The van der Waals surface area contributed by atoms with Crippen LogP contribution in [-0.2, 0) is 5.54 Å². The first-order valence-corrected chi connectivity index (χ1v) is 7.40. The Balaban J connectivity index is 2.10. The Bertz CT molecular complexity index is 283. The van der Waals surface area contributed by atoms with Crippen LogP contribution in [0.3, 0.4) is 0 Å². The van der Waals surface area contributed by atoms with Crippen LogP contribution >= 0.6 is 11.3 Å². The van der Waals surface area contributed by atoms with Gasteiger partial charge in [-0.1, -0.05) is 19.3 Å². The average molecular weight is 255 g/mol. The fourth-order valence-electron chi connectivity index (χ4n) is 1.81. The minimum atomic E-state index is 0.00538. The van der Waals surface area contributed by atoms with Crippen LogP contribution in [0.5, 0.6) is 0 Å². The van der Waals surface area contributed by atoms with E-state index in [4.69, 9.17) is 5.73 Å². The maximum absolute atomic E-state index is 5.46. The first-order valence-electron chi connectivity index (χ1n) is 6.52. The number of hydrogen-bond donors (Lipinski definition) is 2. The van der Waals surface area contributed by atoms with Gasteiger partial charge in [0.05, 0.1) is 5.54 Å². The van der Waals surface area contributed by atoms with Crippen molar-refractivity contribution in [2.24, 2.45) is 5.73 Å². The zero-order valence-corrected chi connectivity index (χ0v) is 11.9. The molecule has 1 rings (SSSR count). The molecule has 98 valence electrons. The summed E-state index contributed by atoms with van der Waals surface area (Å²) in [4.78, 5) is 4.37. The molecule has 0 spiro atoms. The molecule has 1 heterocycles. The van der Waals surface area contributed by atoms with Gasteiger partial charge in [0.1, 0.15) is 5.01 Å². The molecule has 0 bridgehead atoms. The van der Waals surface area contributed by atoms with Crippen molar-refractivity contribution < 1.29 is 0 Å². The summed E-state index contributed by atoms with van der Waals surface area (Å²) in [5, 5.41) is 6.78. The van der Waals surface area contributed by atoms with Crippen molar-refractivity contribution in [2.75, 3.05) is 13.1 Å². The first-order chi connectivity index (χ1) is 8.17. The summed E-state index contributed by atoms with van der Waals surface area (Å²) in [6.07, 6.45) is 8.14. The van der Waals surface area contributed by atoms with E-state index >= 15 is 0 Å². The van der Waals surface area contributed by atoms with E-state index in [1.807, 2.05) is 11.6 Å². The van der Waals surface area contributed by atoms with Crippen molar-refractivity contribution in [1.82, 2.24) is 10.3 Å². The zero-order valence-electron chi connectivity index (χ0n) is 11.0. The maximum Gasteiger partial charge on any atom is 0.112 e. The minimum absolute atomic E-state index is 0.00538. The Morgan fingerprint density at radius 2 is 1.94 bits per heavy atom. The molecule has 0 aromatic carbocycles. The molecule has 3 nitrogen and oxygen atoms in total. The van der Waals surface area contributed by atoms with Gasteiger partial charge in [0.2, 0.25) is 0 Å². The van der Waals surface area contributed by atoms with E-state index < -0.39 is 0 Å². The second-order valence-electron chi connectivity index (χ2n) is 4.95.